The van der Waals surface area contributed by atoms with Gasteiger partial charge in [0.25, 0.3) is 11.8 Å². The fourth-order valence-corrected chi connectivity index (χ4v) is 4.25. The van der Waals surface area contributed by atoms with Crippen molar-refractivity contribution in [3.05, 3.63) is 83.4 Å². The first-order valence-corrected chi connectivity index (χ1v) is 11.5. The molecule has 3 aromatic carbocycles. The van der Waals surface area contributed by atoms with E-state index in [1.165, 1.54) is 0 Å². The molecule has 2 aliphatic heterocycles. The van der Waals surface area contributed by atoms with Crippen molar-refractivity contribution in [2.24, 2.45) is 0 Å². The van der Waals surface area contributed by atoms with Gasteiger partial charge in [-0.25, -0.2) is 0 Å². The zero-order valence-electron chi connectivity index (χ0n) is 18.9. The van der Waals surface area contributed by atoms with E-state index < -0.39 is 0 Å². The van der Waals surface area contributed by atoms with E-state index in [0.29, 0.717) is 29.2 Å². The third-order valence-electron chi connectivity index (χ3n) is 6.08. The van der Waals surface area contributed by atoms with E-state index in [0.717, 1.165) is 49.3 Å². The van der Waals surface area contributed by atoms with E-state index in [1.807, 2.05) is 53.4 Å². The topological polar surface area (TPSA) is 79.9 Å². The van der Waals surface area contributed by atoms with Crippen LogP contribution in [0, 0.1) is 0 Å². The highest BCUT2D eigenvalue weighted by Crippen LogP contribution is 2.32. The highest BCUT2D eigenvalue weighted by Gasteiger charge is 2.18. The molecule has 7 heteroatoms. The van der Waals surface area contributed by atoms with Gasteiger partial charge in [0.1, 0.15) is 0 Å². The molecule has 0 aromatic heterocycles. The minimum absolute atomic E-state index is 0.0673. The van der Waals surface area contributed by atoms with E-state index >= 15 is 0 Å². The molecule has 1 fully saturated rings. The fraction of sp³-hybridized carbons (Fsp3) is 0.259. The molecular weight excluding hydrogens is 430 g/mol. The predicted octanol–water partition coefficient (Wildman–Crippen LogP) is 3.45. The Balaban J connectivity index is 1.27. The van der Waals surface area contributed by atoms with Gasteiger partial charge in [-0.3, -0.25) is 9.59 Å². The Labute approximate surface area is 198 Å². The number of benzene rings is 3. The van der Waals surface area contributed by atoms with Crippen molar-refractivity contribution >= 4 is 11.8 Å². The number of carbonyl (C=O) groups excluding carboxylic acids is 2. The molecule has 0 saturated carbocycles. The monoisotopic (exact) mass is 457 g/mol. The van der Waals surface area contributed by atoms with Gasteiger partial charge >= 0.3 is 0 Å². The summed E-state index contributed by atoms with van der Waals surface area (Å²) in [7, 11) is 0. The number of amides is 2. The first kappa shape index (κ1) is 22.0. The van der Waals surface area contributed by atoms with E-state index in [2.05, 4.69) is 10.6 Å². The van der Waals surface area contributed by atoms with Crippen LogP contribution in [-0.4, -0.2) is 49.7 Å². The molecule has 2 amide bonds. The zero-order valence-corrected chi connectivity index (χ0v) is 18.9. The molecule has 2 heterocycles. The maximum atomic E-state index is 13.0. The van der Waals surface area contributed by atoms with E-state index in [-0.39, 0.29) is 18.6 Å². The Hall–Kier alpha value is -3.84. The van der Waals surface area contributed by atoms with Crippen molar-refractivity contribution in [3.8, 4) is 22.6 Å². The van der Waals surface area contributed by atoms with Crippen LogP contribution in [0.15, 0.2) is 66.7 Å². The SMILES string of the molecule is O=C(NCc1cccc(-c2cccc(C(=O)N3CCCNCC3)c2)c1)c1ccc2c(c1)OCO2. The van der Waals surface area contributed by atoms with Gasteiger partial charge in [0.15, 0.2) is 11.5 Å². The lowest BCUT2D eigenvalue weighted by molar-refractivity contribution is 0.0766. The van der Waals surface area contributed by atoms with Crippen LogP contribution < -0.4 is 20.1 Å². The summed E-state index contributed by atoms with van der Waals surface area (Å²) in [4.78, 5) is 27.6. The van der Waals surface area contributed by atoms with Crippen molar-refractivity contribution in [2.75, 3.05) is 33.0 Å². The summed E-state index contributed by atoms with van der Waals surface area (Å²) >= 11 is 0. The second-order valence-corrected chi connectivity index (χ2v) is 8.43. The smallest absolute Gasteiger partial charge is 0.253 e. The Morgan fingerprint density at radius 3 is 2.59 bits per heavy atom. The molecular formula is C27H27N3O4. The van der Waals surface area contributed by atoms with Crippen molar-refractivity contribution < 1.29 is 19.1 Å². The highest BCUT2D eigenvalue weighted by molar-refractivity contribution is 5.96. The number of rotatable bonds is 5. The molecule has 0 bridgehead atoms. The number of hydrogen-bond acceptors (Lipinski definition) is 5. The van der Waals surface area contributed by atoms with Crippen molar-refractivity contribution in [1.82, 2.24) is 15.5 Å². The Bertz CT molecular complexity index is 1200. The van der Waals surface area contributed by atoms with Crippen LogP contribution in [-0.2, 0) is 6.54 Å². The quantitative estimate of drug-likeness (QED) is 0.614. The van der Waals surface area contributed by atoms with Gasteiger partial charge in [-0.15, -0.1) is 0 Å². The summed E-state index contributed by atoms with van der Waals surface area (Å²) in [5.74, 6) is 1.12. The minimum atomic E-state index is -0.178. The van der Waals surface area contributed by atoms with Crippen LogP contribution in [0.5, 0.6) is 11.5 Å². The first-order chi connectivity index (χ1) is 16.7. The Morgan fingerprint density at radius 1 is 0.853 bits per heavy atom. The molecule has 5 rings (SSSR count). The average Bonchev–Trinajstić information content (AvgIpc) is 3.19. The molecule has 174 valence electrons. The summed E-state index contributed by atoms with van der Waals surface area (Å²) in [6.07, 6.45) is 0.964. The third kappa shape index (κ3) is 4.89. The number of carbonyl (C=O) groups is 2. The normalized spacial score (nSPS) is 15.0. The molecule has 0 spiro atoms. The molecule has 1 saturated heterocycles. The fourth-order valence-electron chi connectivity index (χ4n) is 4.25. The molecule has 0 radical (unpaired) electrons. The molecule has 2 N–H and O–H groups in total. The molecule has 0 aliphatic carbocycles. The predicted molar refractivity (Wildman–Crippen MR) is 129 cm³/mol. The van der Waals surface area contributed by atoms with Gasteiger partial charge in [0, 0.05) is 37.3 Å². The van der Waals surface area contributed by atoms with Crippen LogP contribution in [0.4, 0.5) is 0 Å². The zero-order chi connectivity index (χ0) is 23.3. The summed E-state index contributed by atoms with van der Waals surface area (Å²) in [5, 5.41) is 6.29. The summed E-state index contributed by atoms with van der Waals surface area (Å²) in [6.45, 7) is 3.83. The van der Waals surface area contributed by atoms with Gasteiger partial charge in [-0.1, -0.05) is 30.3 Å². The lowest BCUT2D eigenvalue weighted by atomic mass is 10.0. The van der Waals surface area contributed by atoms with Gasteiger partial charge in [-0.2, -0.15) is 0 Å². The lowest BCUT2D eigenvalue weighted by Crippen LogP contribution is -2.34. The van der Waals surface area contributed by atoms with Crippen LogP contribution in [0.1, 0.15) is 32.7 Å². The molecule has 2 aliphatic rings. The van der Waals surface area contributed by atoms with Gasteiger partial charge in [0.2, 0.25) is 6.79 Å². The molecule has 0 unspecified atom stereocenters. The number of ether oxygens (including phenoxy) is 2. The van der Waals surface area contributed by atoms with Crippen molar-refractivity contribution in [1.29, 1.82) is 0 Å². The molecule has 3 aromatic rings. The van der Waals surface area contributed by atoms with Gasteiger partial charge < -0.3 is 25.0 Å². The standard InChI is InChI=1S/C27H27N3O4/c31-26(22-8-9-24-25(16-22)34-18-33-24)29-17-19-4-1-5-20(14-19)21-6-2-7-23(15-21)27(32)30-12-3-10-28-11-13-30/h1-2,4-9,14-16,28H,3,10-13,17-18H2,(H,29,31). The second kappa shape index (κ2) is 9.97. The summed E-state index contributed by atoms with van der Waals surface area (Å²) < 4.78 is 10.7. The average molecular weight is 458 g/mol. The van der Waals surface area contributed by atoms with Crippen molar-refractivity contribution in [2.45, 2.75) is 13.0 Å². The van der Waals surface area contributed by atoms with Gasteiger partial charge in [-0.05, 0) is 66.1 Å². The van der Waals surface area contributed by atoms with Crippen LogP contribution in [0.25, 0.3) is 11.1 Å². The van der Waals surface area contributed by atoms with E-state index in [4.69, 9.17) is 9.47 Å². The molecule has 0 atom stereocenters. The number of nitrogens with one attached hydrogen (secondary N) is 2. The van der Waals surface area contributed by atoms with Crippen LogP contribution >= 0.6 is 0 Å². The van der Waals surface area contributed by atoms with Gasteiger partial charge in [0.05, 0.1) is 0 Å². The maximum absolute atomic E-state index is 13.0. The van der Waals surface area contributed by atoms with Crippen LogP contribution in [0.2, 0.25) is 0 Å². The number of nitrogens with zero attached hydrogens (tertiary/aromatic N) is 1. The number of hydrogen-bond donors (Lipinski definition) is 2. The second-order valence-electron chi connectivity index (χ2n) is 8.43. The highest BCUT2D eigenvalue weighted by atomic mass is 16.7. The molecule has 7 nitrogen and oxygen atoms in total. The Kier molecular flexibility index (Phi) is 6.44. The Morgan fingerprint density at radius 2 is 1.68 bits per heavy atom. The van der Waals surface area contributed by atoms with Crippen molar-refractivity contribution in [3.63, 3.8) is 0 Å². The van der Waals surface area contributed by atoms with E-state index in [1.54, 1.807) is 18.2 Å². The van der Waals surface area contributed by atoms with E-state index in [9.17, 15) is 9.59 Å². The lowest BCUT2D eigenvalue weighted by Gasteiger charge is -2.20. The van der Waals surface area contributed by atoms with Crippen LogP contribution in [0.3, 0.4) is 0 Å². The summed E-state index contributed by atoms with van der Waals surface area (Å²) in [5.41, 5.74) is 4.17. The largest absolute Gasteiger partial charge is 0.454 e. The maximum Gasteiger partial charge on any atom is 0.253 e. The third-order valence-corrected chi connectivity index (χ3v) is 6.08. The first-order valence-electron chi connectivity index (χ1n) is 11.5. The minimum Gasteiger partial charge on any atom is -0.454 e. The summed E-state index contributed by atoms with van der Waals surface area (Å²) in [6, 6.07) is 20.9. The molecule has 34 heavy (non-hydrogen) atoms. The number of fused-ring (bicyclic) bond motifs is 1.